The molecule has 2 atom stereocenters. The van der Waals surface area contributed by atoms with Crippen molar-refractivity contribution in [3.05, 3.63) is 10.6 Å². The van der Waals surface area contributed by atoms with E-state index < -0.39 is 13.7 Å². The van der Waals surface area contributed by atoms with Crippen LogP contribution in [0.5, 0.6) is 0 Å². The molecule has 10 heteroatoms. The van der Waals surface area contributed by atoms with Crippen molar-refractivity contribution in [1.29, 1.82) is 0 Å². The Morgan fingerprint density at radius 2 is 1.93 bits per heavy atom. The Balaban J connectivity index is 1.77. The van der Waals surface area contributed by atoms with Crippen molar-refractivity contribution >= 4 is 36.7 Å². The average Bonchev–Trinajstić information content (AvgIpc) is 2.91. The molecule has 2 amide bonds. The largest absolute Gasteiger partial charge is 0.450 e. The molecular weight excluding hydrogens is 408 g/mol. The van der Waals surface area contributed by atoms with E-state index in [1.165, 1.54) is 11.3 Å². The Hall–Kier alpha value is -1.81. The maximum atomic E-state index is 12.9. The van der Waals surface area contributed by atoms with Crippen LogP contribution in [0.15, 0.2) is 0 Å². The van der Waals surface area contributed by atoms with Crippen LogP contribution in [0.4, 0.5) is 14.7 Å². The van der Waals surface area contributed by atoms with Gasteiger partial charge >= 0.3 is 12.2 Å². The number of ether oxygens (including phenoxy) is 2. The molecule has 2 bridgehead atoms. The van der Waals surface area contributed by atoms with Crippen molar-refractivity contribution in [2.45, 2.75) is 70.6 Å². The van der Waals surface area contributed by atoms with E-state index in [0.29, 0.717) is 31.2 Å². The lowest BCUT2D eigenvalue weighted by Gasteiger charge is -2.48. The number of nitrogen functional groups attached to an aromatic ring is 1. The van der Waals surface area contributed by atoms with Gasteiger partial charge in [-0.25, -0.2) is 14.6 Å². The fourth-order valence-electron chi connectivity index (χ4n) is 3.63. The van der Waals surface area contributed by atoms with Crippen LogP contribution < -0.4 is 5.73 Å². The number of thiazole rings is 1. The molecule has 0 aromatic carbocycles. The third-order valence-electron chi connectivity index (χ3n) is 4.97. The first kappa shape index (κ1) is 21.9. The van der Waals surface area contributed by atoms with Crippen molar-refractivity contribution in [3.63, 3.8) is 0 Å². The average molecular weight is 441 g/mol. The number of carbonyl (C=O) groups excluding carboxylic acids is 2. The van der Waals surface area contributed by atoms with Gasteiger partial charge in [-0.2, -0.15) is 0 Å². The van der Waals surface area contributed by atoms with Crippen molar-refractivity contribution in [2.24, 2.45) is 0 Å². The second kappa shape index (κ2) is 7.79. The summed E-state index contributed by atoms with van der Waals surface area (Å²) in [4.78, 5) is 34.5. The molecule has 0 spiro atoms. The highest BCUT2D eigenvalue weighted by atomic mass is 32.1. The van der Waals surface area contributed by atoms with E-state index in [9.17, 15) is 9.59 Å². The second-order valence-corrected chi connectivity index (χ2v) is 16.6. The predicted octanol–water partition coefficient (Wildman–Crippen LogP) is 3.72. The molecule has 2 aliphatic heterocycles. The summed E-state index contributed by atoms with van der Waals surface area (Å²) in [6.45, 7) is 13.5. The molecule has 1 aromatic heterocycles. The van der Waals surface area contributed by atoms with Crippen LogP contribution in [-0.2, 0) is 15.9 Å². The number of carbonyl (C=O) groups is 2. The van der Waals surface area contributed by atoms with Crippen LogP contribution in [-0.4, -0.2) is 66.4 Å². The lowest BCUT2D eigenvalue weighted by Crippen LogP contribution is -2.61. The van der Waals surface area contributed by atoms with Crippen LogP contribution in [0, 0.1) is 0 Å². The van der Waals surface area contributed by atoms with Crippen molar-refractivity contribution < 1.29 is 19.1 Å². The molecule has 3 rings (SSSR count). The molecule has 0 radical (unpaired) electrons. The maximum Gasteiger partial charge on any atom is 0.411 e. The van der Waals surface area contributed by atoms with E-state index in [-0.39, 0.29) is 24.3 Å². The lowest BCUT2D eigenvalue weighted by atomic mass is 9.94. The summed E-state index contributed by atoms with van der Waals surface area (Å²) in [5.74, 6) is 0. The van der Waals surface area contributed by atoms with Gasteiger partial charge in [0.05, 0.1) is 29.3 Å². The molecule has 1 saturated heterocycles. The number of nitrogens with zero attached hydrogens (tertiary/aromatic N) is 3. The minimum atomic E-state index is -1.28. The van der Waals surface area contributed by atoms with E-state index in [0.717, 1.165) is 16.6 Å². The van der Waals surface area contributed by atoms with Crippen LogP contribution >= 0.6 is 11.3 Å². The summed E-state index contributed by atoms with van der Waals surface area (Å²) >= 11 is 1.38. The lowest BCUT2D eigenvalue weighted by molar-refractivity contribution is -0.0262. The van der Waals surface area contributed by atoms with Crippen molar-refractivity contribution in [3.8, 4) is 0 Å². The van der Waals surface area contributed by atoms with Gasteiger partial charge in [0.2, 0.25) is 0 Å². The summed E-state index contributed by atoms with van der Waals surface area (Å²) in [5.41, 5.74) is 6.27. The fourth-order valence-corrected chi connectivity index (χ4v) is 5.29. The Morgan fingerprint density at radius 3 is 2.55 bits per heavy atom. The van der Waals surface area contributed by atoms with Gasteiger partial charge in [-0.15, -0.1) is 0 Å². The van der Waals surface area contributed by atoms with E-state index in [4.69, 9.17) is 15.2 Å². The summed E-state index contributed by atoms with van der Waals surface area (Å²) < 4.78 is 11.2. The quantitative estimate of drug-likeness (QED) is 0.719. The molecule has 2 aliphatic rings. The van der Waals surface area contributed by atoms with Gasteiger partial charge in [0.25, 0.3) is 0 Å². The van der Waals surface area contributed by atoms with E-state index in [1.807, 2.05) is 20.8 Å². The maximum absolute atomic E-state index is 12.9. The molecule has 162 valence electrons. The van der Waals surface area contributed by atoms with E-state index in [2.05, 4.69) is 24.6 Å². The van der Waals surface area contributed by atoms with Gasteiger partial charge in [-0.3, -0.25) is 4.90 Å². The molecule has 0 saturated carbocycles. The third-order valence-corrected chi connectivity index (χ3v) is 7.70. The normalized spacial score (nSPS) is 21.6. The predicted molar refractivity (Wildman–Crippen MR) is 116 cm³/mol. The number of fused-ring (bicyclic) bond motifs is 4. The van der Waals surface area contributed by atoms with E-state index in [1.54, 1.807) is 9.80 Å². The smallest absolute Gasteiger partial charge is 0.411 e. The topological polar surface area (TPSA) is 98.0 Å². The van der Waals surface area contributed by atoms with Crippen molar-refractivity contribution in [1.82, 2.24) is 14.8 Å². The molecular formula is C19H32N4O4SSi. The van der Waals surface area contributed by atoms with Gasteiger partial charge in [-0.1, -0.05) is 31.0 Å². The van der Waals surface area contributed by atoms with Gasteiger partial charge < -0.3 is 20.1 Å². The first-order valence-electron chi connectivity index (χ1n) is 10.0. The van der Waals surface area contributed by atoms with Crippen LogP contribution in [0.2, 0.25) is 25.7 Å². The number of anilines is 1. The number of hydrogen-bond donors (Lipinski definition) is 1. The molecule has 1 aromatic rings. The van der Waals surface area contributed by atoms with Gasteiger partial charge in [0.15, 0.2) is 5.13 Å². The Bertz CT molecular complexity index is 786. The number of nitrogens with two attached hydrogens (primary N) is 1. The Kier molecular flexibility index (Phi) is 5.88. The first-order valence-corrected chi connectivity index (χ1v) is 14.5. The van der Waals surface area contributed by atoms with Gasteiger partial charge in [0, 0.05) is 27.6 Å². The highest BCUT2D eigenvalue weighted by Gasteiger charge is 2.47. The number of piperazine rings is 1. The fraction of sp³-hybridized carbons (Fsp3) is 0.737. The molecule has 2 unspecified atom stereocenters. The molecule has 2 N–H and O–H groups in total. The highest BCUT2D eigenvalue weighted by molar-refractivity contribution is 7.15. The zero-order valence-corrected chi connectivity index (χ0v) is 20.0. The molecule has 3 heterocycles. The minimum absolute atomic E-state index is 0.206. The zero-order chi connectivity index (χ0) is 21.6. The summed E-state index contributed by atoms with van der Waals surface area (Å²) in [6, 6.07) is 0.410. The standard InChI is InChI=1S/C19H32N4O4SSi/c1-19(2,3)27-18(25)23-12-9-13-15(28-16(20)21-13)14(23)11-22(10-12)17(24)26-7-8-29(4,5)6/h12,14H,7-11H2,1-6H3,(H2,20,21). The summed E-state index contributed by atoms with van der Waals surface area (Å²) in [6.07, 6.45) is -0.128. The third kappa shape index (κ3) is 5.22. The molecule has 8 nitrogen and oxygen atoms in total. The monoisotopic (exact) mass is 440 g/mol. The number of aromatic nitrogens is 1. The van der Waals surface area contributed by atoms with Crippen LogP contribution in [0.3, 0.4) is 0 Å². The van der Waals surface area contributed by atoms with Gasteiger partial charge in [-0.05, 0) is 26.8 Å². The molecule has 0 aliphatic carbocycles. The number of rotatable bonds is 3. The summed E-state index contributed by atoms with van der Waals surface area (Å²) in [7, 11) is -1.28. The first-order chi connectivity index (χ1) is 13.3. The Labute approximate surface area is 177 Å². The number of amides is 2. The van der Waals surface area contributed by atoms with Gasteiger partial charge in [0.1, 0.15) is 5.60 Å². The number of hydrogen-bond acceptors (Lipinski definition) is 7. The van der Waals surface area contributed by atoms with Crippen LogP contribution in [0.25, 0.3) is 0 Å². The second-order valence-electron chi connectivity index (χ2n) is 9.95. The SMILES string of the molecule is CC(C)(C)OC(=O)N1C2Cc3nc(N)sc3C1CN(C(=O)OCC[Si](C)(C)C)C2. The molecule has 1 fully saturated rings. The minimum Gasteiger partial charge on any atom is -0.450 e. The summed E-state index contributed by atoms with van der Waals surface area (Å²) in [5, 5.41) is 0.482. The van der Waals surface area contributed by atoms with Crippen LogP contribution in [0.1, 0.15) is 37.4 Å². The zero-order valence-electron chi connectivity index (χ0n) is 18.2. The highest BCUT2D eigenvalue weighted by Crippen LogP contribution is 2.42. The van der Waals surface area contributed by atoms with E-state index >= 15 is 0 Å². The van der Waals surface area contributed by atoms with Crippen molar-refractivity contribution in [2.75, 3.05) is 25.4 Å². The molecule has 29 heavy (non-hydrogen) atoms. The Morgan fingerprint density at radius 1 is 1.24 bits per heavy atom.